The molecule has 1 amide bonds. The average molecular weight is 283 g/mol. The zero-order valence-electron chi connectivity index (χ0n) is 11.7. The Morgan fingerprint density at radius 2 is 2.05 bits per heavy atom. The Morgan fingerprint density at radius 1 is 1.32 bits per heavy atom. The van der Waals surface area contributed by atoms with Crippen LogP contribution < -0.4 is 5.32 Å². The number of thiophene rings is 1. The van der Waals surface area contributed by atoms with E-state index in [0.29, 0.717) is 11.5 Å². The number of esters is 1. The summed E-state index contributed by atoms with van der Waals surface area (Å²) in [5.41, 5.74) is 1.23. The molecule has 0 atom stereocenters. The molecule has 0 aliphatic rings. The van der Waals surface area contributed by atoms with Crippen LogP contribution in [0.4, 0.5) is 0 Å². The third-order valence-corrected chi connectivity index (χ3v) is 3.91. The van der Waals surface area contributed by atoms with E-state index in [4.69, 9.17) is 4.74 Å². The highest BCUT2D eigenvalue weighted by atomic mass is 32.1. The van der Waals surface area contributed by atoms with Crippen LogP contribution in [0.5, 0.6) is 0 Å². The van der Waals surface area contributed by atoms with Gasteiger partial charge in [0.05, 0.1) is 11.5 Å². The number of carbonyl (C=O) groups excluding carboxylic acids is 2. The molecule has 0 bridgehead atoms. The molecule has 1 rings (SSSR count). The van der Waals surface area contributed by atoms with Crippen LogP contribution in [0.2, 0.25) is 0 Å². The Hall–Kier alpha value is -1.36. The number of nitrogens with one attached hydrogen (secondary N) is 1. The number of hydrogen-bond donors (Lipinski definition) is 1. The summed E-state index contributed by atoms with van der Waals surface area (Å²) in [5, 5.41) is 2.59. The van der Waals surface area contributed by atoms with Crippen molar-refractivity contribution in [2.75, 3.05) is 13.2 Å². The molecule has 1 aromatic heterocycles. The van der Waals surface area contributed by atoms with Crippen LogP contribution in [0.1, 0.15) is 47.3 Å². The van der Waals surface area contributed by atoms with E-state index in [1.165, 1.54) is 21.8 Å². The molecule has 1 aromatic rings. The van der Waals surface area contributed by atoms with E-state index in [1.807, 2.05) is 6.07 Å². The third-order valence-electron chi connectivity index (χ3n) is 2.68. The molecular formula is C14H21NO3S. The molecule has 19 heavy (non-hydrogen) atoms. The summed E-state index contributed by atoms with van der Waals surface area (Å²) in [6.07, 6.45) is 2.99. The van der Waals surface area contributed by atoms with Gasteiger partial charge < -0.3 is 10.1 Å². The van der Waals surface area contributed by atoms with Crippen molar-refractivity contribution >= 4 is 23.2 Å². The van der Waals surface area contributed by atoms with Gasteiger partial charge in [-0.2, -0.15) is 0 Å². The second-order valence-corrected chi connectivity index (χ2v) is 5.29. The van der Waals surface area contributed by atoms with Gasteiger partial charge in [-0.25, -0.2) is 0 Å². The van der Waals surface area contributed by atoms with Crippen molar-refractivity contribution in [2.45, 2.75) is 40.0 Å². The van der Waals surface area contributed by atoms with E-state index in [1.54, 1.807) is 6.92 Å². The first-order valence-corrected chi connectivity index (χ1v) is 7.49. The van der Waals surface area contributed by atoms with Gasteiger partial charge in [-0.05, 0) is 31.4 Å². The van der Waals surface area contributed by atoms with Gasteiger partial charge in [0, 0.05) is 4.88 Å². The Balaban J connectivity index is 2.64. The summed E-state index contributed by atoms with van der Waals surface area (Å²) in [6, 6.07) is 1.93. The molecule has 0 aliphatic heterocycles. The number of amides is 1. The maximum absolute atomic E-state index is 11.9. The summed E-state index contributed by atoms with van der Waals surface area (Å²) in [5.74, 6) is -0.605. The Morgan fingerprint density at radius 3 is 2.63 bits per heavy atom. The lowest BCUT2D eigenvalue weighted by atomic mass is 10.1. The average Bonchev–Trinajstić information content (AvgIpc) is 2.80. The molecule has 4 nitrogen and oxygen atoms in total. The molecule has 1 heterocycles. The summed E-state index contributed by atoms with van der Waals surface area (Å²) in [4.78, 5) is 25.0. The number of carbonyl (C=O) groups is 2. The lowest BCUT2D eigenvalue weighted by Crippen LogP contribution is -2.30. The number of hydrogen-bond acceptors (Lipinski definition) is 4. The maximum Gasteiger partial charge on any atom is 0.325 e. The van der Waals surface area contributed by atoms with E-state index in [-0.39, 0.29) is 12.5 Å². The van der Waals surface area contributed by atoms with E-state index in [9.17, 15) is 9.59 Å². The highest BCUT2D eigenvalue weighted by molar-refractivity contribution is 7.14. The van der Waals surface area contributed by atoms with Crippen molar-refractivity contribution in [3.05, 3.63) is 21.4 Å². The normalized spacial score (nSPS) is 10.3. The fraction of sp³-hybridized carbons (Fsp3) is 0.571. The summed E-state index contributed by atoms with van der Waals surface area (Å²) >= 11 is 1.52. The van der Waals surface area contributed by atoms with E-state index >= 15 is 0 Å². The first-order chi connectivity index (χ1) is 9.12. The van der Waals surface area contributed by atoms with Crippen LogP contribution in [-0.4, -0.2) is 25.0 Å². The minimum atomic E-state index is -0.406. The van der Waals surface area contributed by atoms with Crippen molar-refractivity contribution in [1.82, 2.24) is 5.32 Å². The SMILES string of the molecule is CCCc1sc(C(=O)NCC(=O)OCC)cc1CC. The van der Waals surface area contributed by atoms with Crippen LogP contribution in [0.15, 0.2) is 6.07 Å². The van der Waals surface area contributed by atoms with E-state index < -0.39 is 5.97 Å². The quantitative estimate of drug-likeness (QED) is 0.782. The van der Waals surface area contributed by atoms with Gasteiger partial charge in [0.25, 0.3) is 5.91 Å². The zero-order chi connectivity index (χ0) is 14.3. The van der Waals surface area contributed by atoms with Crippen LogP contribution in [0.25, 0.3) is 0 Å². The summed E-state index contributed by atoms with van der Waals surface area (Å²) in [6.45, 7) is 6.20. The zero-order valence-corrected chi connectivity index (χ0v) is 12.6. The highest BCUT2D eigenvalue weighted by Crippen LogP contribution is 2.24. The molecule has 5 heteroatoms. The molecule has 0 unspecified atom stereocenters. The van der Waals surface area contributed by atoms with Gasteiger partial charge in [0.2, 0.25) is 0 Å². The first kappa shape index (κ1) is 15.7. The van der Waals surface area contributed by atoms with Crippen LogP contribution >= 0.6 is 11.3 Å². The Kier molecular flexibility index (Phi) is 6.56. The maximum atomic E-state index is 11.9. The fourth-order valence-corrected chi connectivity index (χ4v) is 3.04. The summed E-state index contributed by atoms with van der Waals surface area (Å²) in [7, 11) is 0. The molecule has 0 aromatic carbocycles. The van der Waals surface area contributed by atoms with Gasteiger partial charge in [-0.3, -0.25) is 9.59 Å². The largest absolute Gasteiger partial charge is 0.465 e. The van der Waals surface area contributed by atoms with Crippen LogP contribution in [0, 0.1) is 0 Å². The fourth-order valence-electron chi connectivity index (χ4n) is 1.77. The van der Waals surface area contributed by atoms with Gasteiger partial charge in [0.15, 0.2) is 0 Å². The highest BCUT2D eigenvalue weighted by Gasteiger charge is 2.14. The van der Waals surface area contributed by atoms with Gasteiger partial charge in [0.1, 0.15) is 6.54 Å². The molecule has 106 valence electrons. The van der Waals surface area contributed by atoms with Crippen molar-refractivity contribution in [3.63, 3.8) is 0 Å². The number of aryl methyl sites for hydroxylation is 2. The Bertz CT molecular complexity index is 440. The van der Waals surface area contributed by atoms with E-state index in [0.717, 1.165) is 19.3 Å². The predicted octanol–water partition coefficient (Wildman–Crippen LogP) is 2.56. The molecule has 0 radical (unpaired) electrons. The topological polar surface area (TPSA) is 55.4 Å². The second kappa shape index (κ2) is 7.94. The number of ether oxygens (including phenoxy) is 1. The van der Waals surface area contributed by atoms with Crippen molar-refractivity contribution in [3.8, 4) is 0 Å². The number of rotatable bonds is 7. The van der Waals surface area contributed by atoms with E-state index in [2.05, 4.69) is 19.2 Å². The molecule has 0 saturated carbocycles. The predicted molar refractivity (Wildman–Crippen MR) is 76.7 cm³/mol. The standard InChI is InChI=1S/C14H21NO3S/c1-4-7-11-10(5-2)8-12(19-11)14(17)15-9-13(16)18-6-3/h8H,4-7,9H2,1-3H3,(H,15,17). The first-order valence-electron chi connectivity index (χ1n) is 6.67. The van der Waals surface area contributed by atoms with Crippen LogP contribution in [-0.2, 0) is 22.4 Å². The minimum absolute atomic E-state index is 0.0743. The second-order valence-electron chi connectivity index (χ2n) is 4.15. The smallest absolute Gasteiger partial charge is 0.325 e. The lowest BCUT2D eigenvalue weighted by Gasteiger charge is -2.02. The Labute approximate surface area is 118 Å². The van der Waals surface area contributed by atoms with Gasteiger partial charge >= 0.3 is 5.97 Å². The van der Waals surface area contributed by atoms with Gasteiger partial charge in [-0.15, -0.1) is 11.3 Å². The molecular weight excluding hydrogens is 262 g/mol. The van der Waals surface area contributed by atoms with Crippen molar-refractivity contribution < 1.29 is 14.3 Å². The minimum Gasteiger partial charge on any atom is -0.465 e. The van der Waals surface area contributed by atoms with Crippen molar-refractivity contribution in [2.24, 2.45) is 0 Å². The molecule has 0 spiro atoms. The summed E-state index contributed by atoms with van der Waals surface area (Å²) < 4.78 is 4.77. The molecule has 0 aliphatic carbocycles. The van der Waals surface area contributed by atoms with Crippen LogP contribution in [0.3, 0.4) is 0 Å². The molecule has 0 saturated heterocycles. The molecule has 1 N–H and O–H groups in total. The third kappa shape index (κ3) is 4.67. The molecule has 0 fully saturated rings. The lowest BCUT2D eigenvalue weighted by molar-refractivity contribution is -0.141. The monoisotopic (exact) mass is 283 g/mol. The van der Waals surface area contributed by atoms with Gasteiger partial charge in [-0.1, -0.05) is 20.3 Å². The van der Waals surface area contributed by atoms with Crippen molar-refractivity contribution in [1.29, 1.82) is 0 Å².